The van der Waals surface area contributed by atoms with E-state index in [1.54, 1.807) is 0 Å². The number of hydrogen-bond donors (Lipinski definition) is 0. The van der Waals surface area contributed by atoms with E-state index in [1.807, 2.05) is 30.3 Å². The Hall–Kier alpha value is -3.47. The second-order valence-corrected chi connectivity index (χ2v) is 8.80. The molecule has 0 saturated carbocycles. The van der Waals surface area contributed by atoms with Crippen molar-refractivity contribution < 1.29 is 14.2 Å². The van der Waals surface area contributed by atoms with Crippen LogP contribution < -0.4 is 14.2 Å². The molecule has 2 atom stereocenters. The molecular formula is C29H32N2O3. The maximum absolute atomic E-state index is 6.47. The van der Waals surface area contributed by atoms with Crippen LogP contribution in [0.15, 0.2) is 77.9 Å². The van der Waals surface area contributed by atoms with Gasteiger partial charge in [-0.05, 0) is 73.0 Å². The lowest BCUT2D eigenvalue weighted by atomic mass is 9.96. The minimum Gasteiger partial charge on any atom is -0.494 e. The first-order chi connectivity index (χ1) is 16.8. The summed E-state index contributed by atoms with van der Waals surface area (Å²) in [4.78, 5) is 0. The molecule has 3 aromatic rings. The van der Waals surface area contributed by atoms with Crippen molar-refractivity contribution in [2.24, 2.45) is 5.10 Å². The van der Waals surface area contributed by atoms with Crippen molar-refractivity contribution in [3.8, 4) is 17.2 Å². The summed E-state index contributed by atoms with van der Waals surface area (Å²) in [7, 11) is 0. The Balaban J connectivity index is 1.41. The lowest BCUT2D eigenvalue weighted by Crippen LogP contribution is -2.33. The average Bonchev–Trinajstić information content (AvgIpc) is 3.34. The summed E-state index contributed by atoms with van der Waals surface area (Å²) in [6.07, 6.45) is 3.74. The first kappa shape index (κ1) is 22.3. The number of ether oxygens (including phenoxy) is 3. The Morgan fingerprint density at radius 1 is 0.853 bits per heavy atom. The lowest BCUT2D eigenvalue weighted by molar-refractivity contribution is -0.0190. The van der Waals surface area contributed by atoms with Crippen LogP contribution in [0.4, 0.5) is 0 Å². The van der Waals surface area contributed by atoms with Gasteiger partial charge in [0, 0.05) is 17.5 Å². The lowest BCUT2D eigenvalue weighted by Gasteiger charge is -2.38. The average molecular weight is 457 g/mol. The van der Waals surface area contributed by atoms with Gasteiger partial charge < -0.3 is 14.2 Å². The van der Waals surface area contributed by atoms with Gasteiger partial charge in [-0.2, -0.15) is 5.10 Å². The molecule has 2 aliphatic rings. The highest BCUT2D eigenvalue weighted by molar-refractivity contribution is 6.02. The molecule has 0 aliphatic carbocycles. The van der Waals surface area contributed by atoms with Crippen LogP contribution in [0.5, 0.6) is 17.2 Å². The van der Waals surface area contributed by atoms with E-state index in [1.165, 1.54) is 5.56 Å². The molecule has 176 valence electrons. The van der Waals surface area contributed by atoms with Gasteiger partial charge in [0.2, 0.25) is 6.23 Å². The molecule has 0 spiro atoms. The minimum atomic E-state index is -0.283. The largest absolute Gasteiger partial charge is 0.494 e. The molecular weight excluding hydrogens is 424 g/mol. The van der Waals surface area contributed by atoms with Gasteiger partial charge in [0.1, 0.15) is 17.2 Å². The normalized spacial score (nSPS) is 18.5. The Kier molecular flexibility index (Phi) is 6.70. The fraction of sp³-hybridized carbons (Fsp3) is 0.345. The highest BCUT2D eigenvalue weighted by Crippen LogP contribution is 2.47. The van der Waals surface area contributed by atoms with E-state index < -0.39 is 0 Å². The van der Waals surface area contributed by atoms with Crippen molar-refractivity contribution in [3.63, 3.8) is 0 Å². The summed E-state index contributed by atoms with van der Waals surface area (Å²) < 4.78 is 18.1. The monoisotopic (exact) mass is 456 g/mol. The third-order valence-electron chi connectivity index (χ3n) is 6.29. The van der Waals surface area contributed by atoms with E-state index in [0.29, 0.717) is 0 Å². The third-order valence-corrected chi connectivity index (χ3v) is 6.29. The number of rotatable bonds is 9. The van der Waals surface area contributed by atoms with E-state index in [2.05, 4.69) is 61.3 Å². The van der Waals surface area contributed by atoms with E-state index in [9.17, 15) is 0 Å². The number of hydrazone groups is 1. The van der Waals surface area contributed by atoms with E-state index in [0.717, 1.165) is 73.0 Å². The van der Waals surface area contributed by atoms with Crippen molar-refractivity contribution in [1.29, 1.82) is 0 Å². The summed E-state index contributed by atoms with van der Waals surface area (Å²) in [6, 6.07) is 24.9. The van der Waals surface area contributed by atoms with Crippen LogP contribution in [0.25, 0.3) is 0 Å². The second-order valence-electron chi connectivity index (χ2n) is 8.80. The molecule has 0 fully saturated rings. The van der Waals surface area contributed by atoms with Crippen LogP contribution in [-0.4, -0.2) is 23.9 Å². The minimum absolute atomic E-state index is 0.140. The summed E-state index contributed by atoms with van der Waals surface area (Å²) in [6.45, 7) is 5.75. The van der Waals surface area contributed by atoms with Crippen molar-refractivity contribution in [2.75, 3.05) is 13.2 Å². The molecule has 0 bridgehead atoms. The number of para-hydroxylation sites is 1. The van der Waals surface area contributed by atoms with Crippen LogP contribution in [-0.2, 0) is 0 Å². The zero-order valence-corrected chi connectivity index (χ0v) is 19.9. The van der Waals surface area contributed by atoms with Crippen LogP contribution >= 0.6 is 0 Å². The summed E-state index contributed by atoms with van der Waals surface area (Å²) in [5.41, 5.74) is 4.43. The van der Waals surface area contributed by atoms with E-state index in [4.69, 9.17) is 19.3 Å². The van der Waals surface area contributed by atoms with Crippen LogP contribution in [0.2, 0.25) is 0 Å². The maximum atomic E-state index is 6.47. The first-order valence-corrected chi connectivity index (χ1v) is 12.3. The predicted molar refractivity (Wildman–Crippen MR) is 135 cm³/mol. The molecule has 0 aromatic heterocycles. The van der Waals surface area contributed by atoms with Crippen LogP contribution in [0.1, 0.15) is 68.5 Å². The Labute approximate surface area is 202 Å². The van der Waals surface area contributed by atoms with Gasteiger partial charge >= 0.3 is 0 Å². The fourth-order valence-electron chi connectivity index (χ4n) is 4.46. The van der Waals surface area contributed by atoms with Gasteiger partial charge in [0.25, 0.3) is 0 Å². The van der Waals surface area contributed by atoms with E-state index in [-0.39, 0.29) is 12.3 Å². The first-order valence-electron chi connectivity index (χ1n) is 12.3. The number of nitrogens with zero attached hydrogens (tertiary/aromatic N) is 2. The molecule has 2 heterocycles. The standard InChI is InChI=1S/C29H32N2O3/c1-3-5-19-33-24-14-10-21(11-15-24)26-20-27-25-8-6-7-9-28(25)34-29(31(27)30-26)22-12-16-23(17-13-22)32-18-4-2/h6-17,27,29H,3-5,18-20H2,1-2H3/t27-,29-/m1/s1. The second kappa shape index (κ2) is 10.2. The topological polar surface area (TPSA) is 43.3 Å². The zero-order valence-electron chi connectivity index (χ0n) is 19.9. The van der Waals surface area contributed by atoms with Crippen LogP contribution in [0.3, 0.4) is 0 Å². The quantitative estimate of drug-likeness (QED) is 0.329. The molecule has 2 aliphatic heterocycles. The molecule has 0 amide bonds. The number of unbranched alkanes of at least 4 members (excludes halogenated alkanes) is 1. The smallest absolute Gasteiger partial charge is 0.213 e. The maximum Gasteiger partial charge on any atom is 0.213 e. The molecule has 5 nitrogen and oxygen atoms in total. The summed E-state index contributed by atoms with van der Waals surface area (Å²) in [5, 5.41) is 7.18. The van der Waals surface area contributed by atoms with Crippen molar-refractivity contribution in [1.82, 2.24) is 5.01 Å². The molecule has 0 radical (unpaired) electrons. The van der Waals surface area contributed by atoms with Gasteiger partial charge in [0.05, 0.1) is 25.0 Å². The SMILES string of the molecule is CCCCOc1ccc(C2=NN3[C@H](C2)c2ccccc2O[C@@H]3c2ccc(OCCC)cc2)cc1. The van der Waals surface area contributed by atoms with Crippen molar-refractivity contribution in [3.05, 3.63) is 89.5 Å². The third kappa shape index (κ3) is 4.60. The fourth-order valence-corrected chi connectivity index (χ4v) is 4.46. The molecule has 0 unspecified atom stereocenters. The predicted octanol–water partition coefficient (Wildman–Crippen LogP) is 6.90. The van der Waals surface area contributed by atoms with Gasteiger partial charge in [-0.25, -0.2) is 5.01 Å². The van der Waals surface area contributed by atoms with Gasteiger partial charge in [0.15, 0.2) is 0 Å². The zero-order chi connectivity index (χ0) is 23.3. The molecule has 5 heteroatoms. The number of fused-ring (bicyclic) bond motifs is 3. The Morgan fingerprint density at radius 2 is 1.56 bits per heavy atom. The molecule has 34 heavy (non-hydrogen) atoms. The number of benzene rings is 3. The Bertz CT molecular complexity index is 1120. The van der Waals surface area contributed by atoms with Crippen molar-refractivity contribution in [2.45, 2.75) is 51.8 Å². The summed E-state index contributed by atoms with van der Waals surface area (Å²) >= 11 is 0. The molecule has 3 aromatic carbocycles. The highest BCUT2D eigenvalue weighted by atomic mass is 16.5. The van der Waals surface area contributed by atoms with Gasteiger partial charge in [-0.3, -0.25) is 0 Å². The highest BCUT2D eigenvalue weighted by Gasteiger charge is 2.40. The molecule has 5 rings (SSSR count). The molecule has 0 saturated heterocycles. The van der Waals surface area contributed by atoms with Crippen molar-refractivity contribution >= 4 is 5.71 Å². The Morgan fingerprint density at radius 3 is 2.29 bits per heavy atom. The molecule has 0 N–H and O–H groups in total. The summed E-state index contributed by atoms with van der Waals surface area (Å²) in [5.74, 6) is 2.71. The van der Waals surface area contributed by atoms with Gasteiger partial charge in [-0.15, -0.1) is 0 Å². The van der Waals surface area contributed by atoms with Crippen LogP contribution in [0, 0.1) is 0 Å². The van der Waals surface area contributed by atoms with Gasteiger partial charge in [-0.1, -0.05) is 38.5 Å². The number of hydrogen-bond acceptors (Lipinski definition) is 5. The van der Waals surface area contributed by atoms with E-state index >= 15 is 0 Å².